The van der Waals surface area contributed by atoms with Gasteiger partial charge < -0.3 is 15.0 Å². The number of nitrogens with one attached hydrogen (secondary N) is 1. The first kappa shape index (κ1) is 29.5. The summed E-state index contributed by atoms with van der Waals surface area (Å²) < 4.78 is 31.8. The summed E-state index contributed by atoms with van der Waals surface area (Å²) in [5, 5.41) is 3.15. The second kappa shape index (κ2) is 13.6. The topological polar surface area (TPSA) is 96.0 Å². The van der Waals surface area contributed by atoms with E-state index in [9.17, 15) is 18.0 Å². The first-order chi connectivity index (χ1) is 18.1. The number of benzene rings is 2. The minimum Gasteiger partial charge on any atom is -0.495 e. The van der Waals surface area contributed by atoms with Crippen LogP contribution in [0.25, 0.3) is 0 Å². The van der Waals surface area contributed by atoms with Gasteiger partial charge in [0.2, 0.25) is 21.8 Å². The van der Waals surface area contributed by atoms with Crippen LogP contribution in [0.1, 0.15) is 63.0 Å². The molecule has 0 unspecified atom stereocenters. The van der Waals surface area contributed by atoms with Crippen LogP contribution in [0.5, 0.6) is 5.75 Å². The van der Waals surface area contributed by atoms with Gasteiger partial charge in [-0.15, -0.1) is 0 Å². The number of para-hydroxylation sites is 2. The van der Waals surface area contributed by atoms with Crippen LogP contribution in [0.4, 0.5) is 5.69 Å². The molecule has 1 saturated carbocycles. The maximum Gasteiger partial charge on any atom is 0.242 e. The second-order valence-corrected chi connectivity index (χ2v) is 12.0. The number of nitrogens with zero attached hydrogens (tertiary/aromatic N) is 2. The molecule has 0 aromatic heterocycles. The molecule has 2 aromatic carbocycles. The molecular formula is C29H41N3O5S. The molecule has 0 saturated heterocycles. The van der Waals surface area contributed by atoms with Crippen LogP contribution >= 0.6 is 0 Å². The maximum atomic E-state index is 13.5. The lowest BCUT2D eigenvalue weighted by atomic mass is 9.95. The van der Waals surface area contributed by atoms with Crippen molar-refractivity contribution in [3.63, 3.8) is 0 Å². The molecule has 1 atom stereocenters. The van der Waals surface area contributed by atoms with Crippen molar-refractivity contribution < 1.29 is 22.7 Å². The highest BCUT2D eigenvalue weighted by molar-refractivity contribution is 7.92. The number of rotatable bonds is 12. The number of carbonyl (C=O) groups is 2. The Hall–Kier alpha value is -3.07. The lowest BCUT2D eigenvalue weighted by Crippen LogP contribution is -2.50. The van der Waals surface area contributed by atoms with Crippen molar-refractivity contribution in [2.75, 3.05) is 24.2 Å². The van der Waals surface area contributed by atoms with Gasteiger partial charge in [-0.1, -0.05) is 55.7 Å². The Morgan fingerprint density at radius 3 is 2.37 bits per heavy atom. The van der Waals surface area contributed by atoms with E-state index in [1.54, 1.807) is 36.1 Å². The summed E-state index contributed by atoms with van der Waals surface area (Å²) in [7, 11) is -2.11. The highest BCUT2D eigenvalue weighted by Gasteiger charge is 2.29. The van der Waals surface area contributed by atoms with Crippen molar-refractivity contribution in [1.82, 2.24) is 10.2 Å². The first-order valence-corrected chi connectivity index (χ1v) is 15.2. The van der Waals surface area contributed by atoms with Gasteiger partial charge in [0.25, 0.3) is 0 Å². The van der Waals surface area contributed by atoms with E-state index in [4.69, 9.17) is 4.74 Å². The number of amides is 2. The first-order valence-electron chi connectivity index (χ1n) is 13.4. The van der Waals surface area contributed by atoms with E-state index >= 15 is 0 Å². The smallest absolute Gasteiger partial charge is 0.242 e. The van der Waals surface area contributed by atoms with E-state index < -0.39 is 16.1 Å². The van der Waals surface area contributed by atoms with Gasteiger partial charge in [-0.3, -0.25) is 13.9 Å². The molecule has 0 bridgehead atoms. The van der Waals surface area contributed by atoms with E-state index in [2.05, 4.69) is 5.32 Å². The molecule has 0 heterocycles. The Labute approximate surface area is 227 Å². The molecule has 1 fully saturated rings. The highest BCUT2D eigenvalue weighted by Crippen LogP contribution is 2.30. The predicted molar refractivity (Wildman–Crippen MR) is 151 cm³/mol. The van der Waals surface area contributed by atoms with Gasteiger partial charge in [0.1, 0.15) is 11.8 Å². The second-order valence-electron chi connectivity index (χ2n) is 10.1. The molecule has 2 aromatic rings. The minimum absolute atomic E-state index is 0.105. The number of aryl methyl sites for hydroxylation is 1. The summed E-state index contributed by atoms with van der Waals surface area (Å²) in [4.78, 5) is 28.4. The van der Waals surface area contributed by atoms with Crippen molar-refractivity contribution in [1.29, 1.82) is 0 Å². The van der Waals surface area contributed by atoms with Crippen LogP contribution < -0.4 is 14.4 Å². The molecule has 2 amide bonds. The predicted octanol–water partition coefficient (Wildman–Crippen LogP) is 4.42. The normalized spacial score (nSPS) is 14.9. The van der Waals surface area contributed by atoms with E-state index in [1.165, 1.54) is 17.8 Å². The molecule has 0 spiro atoms. The summed E-state index contributed by atoms with van der Waals surface area (Å²) >= 11 is 0. The van der Waals surface area contributed by atoms with E-state index in [0.717, 1.165) is 43.1 Å². The van der Waals surface area contributed by atoms with Gasteiger partial charge in [0.05, 0.1) is 19.1 Å². The Morgan fingerprint density at radius 2 is 1.71 bits per heavy atom. The number of ether oxygens (including phenoxy) is 1. The summed E-state index contributed by atoms with van der Waals surface area (Å²) in [5.41, 5.74) is 2.46. The van der Waals surface area contributed by atoms with E-state index in [0.29, 0.717) is 24.4 Å². The van der Waals surface area contributed by atoms with Crippen LogP contribution in [-0.2, 0) is 26.2 Å². The van der Waals surface area contributed by atoms with Crippen LogP contribution in [0.2, 0.25) is 0 Å². The summed E-state index contributed by atoms with van der Waals surface area (Å²) in [6.45, 7) is 4.19. The number of anilines is 1. The molecule has 208 valence electrons. The Kier molecular flexibility index (Phi) is 10.6. The zero-order chi connectivity index (χ0) is 27.7. The Morgan fingerprint density at radius 1 is 1.05 bits per heavy atom. The van der Waals surface area contributed by atoms with Crippen LogP contribution in [0.3, 0.4) is 0 Å². The average molecular weight is 544 g/mol. The van der Waals surface area contributed by atoms with Gasteiger partial charge in [-0.2, -0.15) is 0 Å². The third-order valence-electron chi connectivity index (χ3n) is 7.23. The minimum atomic E-state index is -3.60. The Bertz CT molecular complexity index is 1190. The van der Waals surface area contributed by atoms with Crippen molar-refractivity contribution in [3.05, 3.63) is 59.7 Å². The fourth-order valence-electron chi connectivity index (χ4n) is 4.94. The van der Waals surface area contributed by atoms with Crippen molar-refractivity contribution in [3.8, 4) is 5.75 Å². The molecule has 0 aliphatic heterocycles. The molecule has 8 nitrogen and oxygen atoms in total. The number of methoxy groups -OCH3 is 1. The number of hydrogen-bond donors (Lipinski definition) is 1. The molecule has 1 N–H and O–H groups in total. The van der Waals surface area contributed by atoms with Gasteiger partial charge in [-0.05, 0) is 56.4 Å². The number of sulfonamides is 1. The SMILES string of the molecule is COc1ccccc1N(CCCC(=O)N(Cc1ccccc1C)[C@H](C)C(=O)NC1CCCCC1)S(C)(=O)=O. The fraction of sp³-hybridized carbons (Fsp3) is 0.517. The quantitative estimate of drug-likeness (QED) is 0.428. The molecular weight excluding hydrogens is 502 g/mol. The summed E-state index contributed by atoms with van der Waals surface area (Å²) in [5.74, 6) is 0.108. The van der Waals surface area contributed by atoms with Crippen LogP contribution in [-0.4, -0.2) is 57.1 Å². The summed E-state index contributed by atoms with van der Waals surface area (Å²) in [6.07, 6.45) is 6.88. The largest absolute Gasteiger partial charge is 0.495 e. The molecule has 9 heteroatoms. The van der Waals surface area contributed by atoms with Crippen LogP contribution in [0, 0.1) is 6.92 Å². The standard InChI is InChI=1S/C29H41N3O5S/c1-22-13-8-9-14-24(22)21-31(23(2)29(34)30-25-15-6-5-7-16-25)28(33)19-12-20-32(38(4,35)36)26-17-10-11-18-27(26)37-3/h8-11,13-14,17-18,23,25H,5-7,12,15-16,19-21H2,1-4H3,(H,30,34)/t23-/m1/s1. The maximum absolute atomic E-state index is 13.5. The average Bonchev–Trinajstić information content (AvgIpc) is 2.90. The van der Waals surface area contributed by atoms with Crippen molar-refractivity contribution >= 4 is 27.5 Å². The van der Waals surface area contributed by atoms with E-state index in [1.807, 2.05) is 31.2 Å². The Balaban J connectivity index is 1.74. The number of carbonyl (C=O) groups excluding carboxylic acids is 2. The van der Waals surface area contributed by atoms with Gasteiger partial charge >= 0.3 is 0 Å². The molecule has 0 radical (unpaired) electrons. The fourth-order valence-corrected chi connectivity index (χ4v) is 5.91. The van der Waals surface area contributed by atoms with Crippen LogP contribution in [0.15, 0.2) is 48.5 Å². The molecule has 3 rings (SSSR count). The lowest BCUT2D eigenvalue weighted by Gasteiger charge is -2.32. The molecule has 38 heavy (non-hydrogen) atoms. The monoisotopic (exact) mass is 543 g/mol. The molecule has 1 aliphatic rings. The highest BCUT2D eigenvalue weighted by atomic mass is 32.2. The number of hydrogen-bond acceptors (Lipinski definition) is 5. The van der Waals surface area contributed by atoms with Gasteiger partial charge in [-0.25, -0.2) is 8.42 Å². The third-order valence-corrected chi connectivity index (χ3v) is 8.41. The summed E-state index contributed by atoms with van der Waals surface area (Å²) in [6, 6.07) is 14.2. The molecule has 1 aliphatic carbocycles. The zero-order valence-electron chi connectivity index (χ0n) is 23.0. The lowest BCUT2D eigenvalue weighted by molar-refractivity contribution is -0.141. The van der Waals surface area contributed by atoms with Crippen molar-refractivity contribution in [2.24, 2.45) is 0 Å². The van der Waals surface area contributed by atoms with E-state index in [-0.39, 0.29) is 30.8 Å². The third kappa shape index (κ3) is 7.96. The zero-order valence-corrected chi connectivity index (χ0v) is 23.8. The van der Waals surface area contributed by atoms with Gasteiger partial charge in [0.15, 0.2) is 0 Å². The van der Waals surface area contributed by atoms with Gasteiger partial charge in [0, 0.05) is 25.6 Å². The van der Waals surface area contributed by atoms with Crippen molar-refractivity contribution in [2.45, 2.75) is 77.4 Å².